The van der Waals surface area contributed by atoms with E-state index in [1.165, 1.54) is 12.1 Å². The standard InChI is InChI=1S/C15H10F3O.Li/c16-15(17,18)14(12-9-5-2-6-10-12)13(19-14)11-7-3-1-4-8-11;/h1-10H;/q-1;+1. The van der Waals surface area contributed by atoms with Crippen molar-refractivity contribution in [3.63, 3.8) is 0 Å². The Hall–Kier alpha value is -1.34. The fourth-order valence-corrected chi connectivity index (χ4v) is 2.19. The van der Waals surface area contributed by atoms with Gasteiger partial charge in [0.25, 0.3) is 0 Å². The number of ether oxygens (including phenoxy) is 1. The van der Waals surface area contributed by atoms with Gasteiger partial charge in [0.05, 0.1) is 0 Å². The number of hydrogen-bond donors (Lipinski definition) is 0. The van der Waals surface area contributed by atoms with Crippen molar-refractivity contribution in [3.05, 3.63) is 77.9 Å². The Kier molecular flexibility index (Phi) is 3.92. The van der Waals surface area contributed by atoms with E-state index < -0.39 is 11.8 Å². The van der Waals surface area contributed by atoms with Gasteiger partial charge in [0, 0.05) is 0 Å². The van der Waals surface area contributed by atoms with Gasteiger partial charge in [-0.05, 0) is 11.7 Å². The van der Waals surface area contributed by atoms with E-state index >= 15 is 0 Å². The van der Waals surface area contributed by atoms with E-state index in [2.05, 4.69) is 0 Å². The molecule has 1 saturated heterocycles. The Morgan fingerprint density at radius 3 is 1.85 bits per heavy atom. The van der Waals surface area contributed by atoms with Crippen LogP contribution in [0.15, 0.2) is 60.7 Å². The van der Waals surface area contributed by atoms with Crippen LogP contribution in [-0.2, 0) is 10.3 Å². The zero-order valence-electron chi connectivity index (χ0n) is 10.8. The second kappa shape index (κ2) is 5.21. The zero-order chi connectivity index (χ0) is 13.5. The quantitative estimate of drug-likeness (QED) is 0.451. The molecular weight excluding hydrogens is 260 g/mol. The molecule has 0 bridgehead atoms. The summed E-state index contributed by atoms with van der Waals surface area (Å²) in [6.45, 7) is 0. The summed E-state index contributed by atoms with van der Waals surface area (Å²) in [4.78, 5) is 0. The minimum Gasteiger partial charge on any atom is -0.393 e. The van der Waals surface area contributed by atoms with Crippen LogP contribution in [0.25, 0.3) is 0 Å². The molecule has 0 radical (unpaired) electrons. The van der Waals surface area contributed by atoms with E-state index in [-0.39, 0.29) is 30.5 Å². The molecule has 1 unspecified atom stereocenters. The summed E-state index contributed by atoms with van der Waals surface area (Å²) < 4.78 is 45.1. The first kappa shape index (κ1) is 15.1. The Balaban J connectivity index is 0.00000147. The summed E-state index contributed by atoms with van der Waals surface area (Å²) in [5.41, 5.74) is -1.71. The molecule has 2 aromatic carbocycles. The van der Waals surface area contributed by atoms with Gasteiger partial charge in [-0.1, -0.05) is 36.4 Å². The van der Waals surface area contributed by atoms with Crippen LogP contribution in [0.3, 0.4) is 0 Å². The number of hydrogen-bond acceptors (Lipinski definition) is 1. The number of halogens is 3. The van der Waals surface area contributed by atoms with Gasteiger partial charge in [0.2, 0.25) is 0 Å². The van der Waals surface area contributed by atoms with Crippen LogP contribution in [0.5, 0.6) is 0 Å². The smallest absolute Gasteiger partial charge is 0.393 e. The van der Waals surface area contributed by atoms with Gasteiger partial charge in [0.15, 0.2) is 5.60 Å². The van der Waals surface area contributed by atoms with Crippen molar-refractivity contribution >= 4 is 0 Å². The SMILES string of the molecule is FC(F)(F)C1(c2ccccc2)O[C-]1c1ccccc1.[Li+]. The summed E-state index contributed by atoms with van der Waals surface area (Å²) in [6.07, 6.45) is -4.51. The van der Waals surface area contributed by atoms with Crippen molar-refractivity contribution in [2.45, 2.75) is 11.8 Å². The van der Waals surface area contributed by atoms with Gasteiger partial charge in [-0.15, -0.1) is 12.1 Å². The molecule has 1 atom stereocenters. The average molecular weight is 270 g/mol. The molecule has 0 saturated carbocycles. The molecule has 1 heterocycles. The topological polar surface area (TPSA) is 12.5 Å². The van der Waals surface area contributed by atoms with Crippen LogP contribution >= 0.6 is 0 Å². The summed E-state index contributed by atoms with van der Waals surface area (Å²) in [5, 5.41) is 0. The molecular formula is C15H10F3LiO. The molecule has 1 fully saturated rings. The predicted octanol–water partition coefficient (Wildman–Crippen LogP) is 1.06. The van der Waals surface area contributed by atoms with Crippen molar-refractivity contribution in [1.82, 2.24) is 0 Å². The Morgan fingerprint density at radius 1 is 0.850 bits per heavy atom. The maximum absolute atomic E-state index is 13.4. The molecule has 0 N–H and O–H groups in total. The van der Waals surface area contributed by atoms with E-state index in [0.717, 1.165) is 0 Å². The van der Waals surface area contributed by atoms with E-state index in [4.69, 9.17) is 4.74 Å². The summed E-state index contributed by atoms with van der Waals surface area (Å²) >= 11 is 0. The number of rotatable bonds is 2. The first-order valence-electron chi connectivity index (χ1n) is 5.80. The predicted molar refractivity (Wildman–Crippen MR) is 64.0 cm³/mol. The average Bonchev–Trinajstić information content (AvgIpc) is 3.17. The van der Waals surface area contributed by atoms with Crippen LogP contribution in [0.2, 0.25) is 0 Å². The molecule has 2 aromatic rings. The molecule has 1 aliphatic heterocycles. The fraction of sp³-hybridized carbons (Fsp3) is 0.133. The largest absolute Gasteiger partial charge is 1.00 e. The molecule has 0 aliphatic carbocycles. The molecule has 1 nitrogen and oxygen atoms in total. The minimum atomic E-state index is -4.47. The third-order valence-corrected chi connectivity index (χ3v) is 3.15. The summed E-state index contributed by atoms with van der Waals surface area (Å²) in [5.74, 6) is 0. The number of epoxide rings is 1. The summed E-state index contributed by atoms with van der Waals surface area (Å²) in [7, 11) is 0. The fourth-order valence-electron chi connectivity index (χ4n) is 2.19. The molecule has 0 aromatic heterocycles. The Labute approximate surface area is 126 Å². The maximum atomic E-state index is 13.4. The third-order valence-electron chi connectivity index (χ3n) is 3.15. The molecule has 5 heteroatoms. The zero-order valence-corrected chi connectivity index (χ0v) is 10.8. The second-order valence-electron chi connectivity index (χ2n) is 4.34. The van der Waals surface area contributed by atoms with E-state index in [1.807, 2.05) is 0 Å². The molecule has 98 valence electrons. The number of alkyl halides is 3. The number of benzene rings is 2. The van der Waals surface area contributed by atoms with Gasteiger partial charge < -0.3 is 4.74 Å². The van der Waals surface area contributed by atoms with Crippen LogP contribution in [-0.4, -0.2) is 6.18 Å². The molecule has 1 aliphatic rings. The second-order valence-corrected chi connectivity index (χ2v) is 4.34. The van der Waals surface area contributed by atoms with Crippen molar-refractivity contribution in [1.29, 1.82) is 0 Å². The molecule has 0 spiro atoms. The minimum absolute atomic E-state index is 0. The van der Waals surface area contributed by atoms with Crippen LogP contribution < -0.4 is 18.9 Å². The normalized spacial score (nSPS) is 21.2. The van der Waals surface area contributed by atoms with Gasteiger partial charge >= 0.3 is 25.0 Å². The van der Waals surface area contributed by atoms with E-state index in [1.54, 1.807) is 48.5 Å². The van der Waals surface area contributed by atoms with Gasteiger partial charge in [-0.3, -0.25) is 0 Å². The van der Waals surface area contributed by atoms with Crippen molar-refractivity contribution in [2.75, 3.05) is 0 Å². The van der Waals surface area contributed by atoms with Crippen molar-refractivity contribution in [3.8, 4) is 0 Å². The van der Waals surface area contributed by atoms with Gasteiger partial charge in [-0.25, -0.2) is 0 Å². The Morgan fingerprint density at radius 2 is 1.35 bits per heavy atom. The van der Waals surface area contributed by atoms with Crippen molar-refractivity contribution < 1.29 is 36.8 Å². The maximum Gasteiger partial charge on any atom is 1.00 e. The molecule has 0 amide bonds. The summed E-state index contributed by atoms with van der Waals surface area (Å²) in [6, 6.07) is 16.1. The van der Waals surface area contributed by atoms with E-state index in [0.29, 0.717) is 5.56 Å². The van der Waals surface area contributed by atoms with Gasteiger partial charge in [0.1, 0.15) is 0 Å². The molecule has 20 heavy (non-hydrogen) atoms. The Bertz CT molecular complexity index is 571. The monoisotopic (exact) mass is 270 g/mol. The van der Waals surface area contributed by atoms with Gasteiger partial charge in [-0.2, -0.15) is 30.9 Å². The van der Waals surface area contributed by atoms with Crippen LogP contribution in [0, 0.1) is 6.10 Å². The van der Waals surface area contributed by atoms with Crippen LogP contribution in [0.1, 0.15) is 11.1 Å². The first-order chi connectivity index (χ1) is 9.06. The third kappa shape index (κ3) is 2.24. The van der Waals surface area contributed by atoms with E-state index in [9.17, 15) is 13.2 Å². The molecule has 3 rings (SSSR count). The first-order valence-corrected chi connectivity index (χ1v) is 5.80. The van der Waals surface area contributed by atoms with Crippen molar-refractivity contribution in [2.24, 2.45) is 0 Å². The van der Waals surface area contributed by atoms with Crippen LogP contribution in [0.4, 0.5) is 13.2 Å².